The number of aryl methyl sites for hydroxylation is 2. The van der Waals surface area contributed by atoms with Gasteiger partial charge in [0.2, 0.25) is 0 Å². The van der Waals surface area contributed by atoms with Crippen molar-refractivity contribution in [1.29, 1.82) is 0 Å². The van der Waals surface area contributed by atoms with E-state index in [-0.39, 0.29) is 28.8 Å². The smallest absolute Gasteiger partial charge is 0.507 e. The minimum Gasteiger partial charge on any atom is -0.507 e. The Morgan fingerprint density at radius 3 is 2.60 bits per heavy atom. The molecule has 10 heteroatoms. The van der Waals surface area contributed by atoms with Crippen LogP contribution >= 0.6 is 7.82 Å². The van der Waals surface area contributed by atoms with Gasteiger partial charge in [-0.3, -0.25) is 9.79 Å². The topological polar surface area (TPSA) is 138 Å². The summed E-state index contributed by atoms with van der Waals surface area (Å²) in [5.74, 6) is -0.420. The Hall–Kier alpha value is -2.87. The van der Waals surface area contributed by atoms with Gasteiger partial charge in [0.15, 0.2) is 5.82 Å². The van der Waals surface area contributed by atoms with Gasteiger partial charge in [0.1, 0.15) is 11.5 Å². The number of phenolic OH excluding ortho intramolecular Hbond substituents is 1. The molecule has 3 aromatic rings. The SMILES string of the molecule is CC(C)c1cc(-c2n[nH]c(=O)n2-c2ccc3c(c2)CCC3)c(O)cc1OP(=O)(O)O. The molecule has 30 heavy (non-hydrogen) atoms. The molecule has 0 fully saturated rings. The van der Waals surface area contributed by atoms with Crippen molar-refractivity contribution in [2.75, 3.05) is 0 Å². The summed E-state index contributed by atoms with van der Waals surface area (Å²) in [4.78, 5) is 30.9. The zero-order valence-electron chi connectivity index (χ0n) is 16.5. The van der Waals surface area contributed by atoms with Gasteiger partial charge in [-0.15, -0.1) is 0 Å². The van der Waals surface area contributed by atoms with Gasteiger partial charge in [-0.1, -0.05) is 19.9 Å². The van der Waals surface area contributed by atoms with Gasteiger partial charge in [0, 0.05) is 6.07 Å². The first kappa shape index (κ1) is 20.4. The van der Waals surface area contributed by atoms with E-state index in [4.69, 9.17) is 4.52 Å². The molecule has 0 aliphatic heterocycles. The Kier molecular flexibility index (Phi) is 5.05. The van der Waals surface area contributed by atoms with Gasteiger partial charge in [-0.05, 0) is 60.1 Å². The van der Waals surface area contributed by atoms with Gasteiger partial charge in [-0.2, -0.15) is 5.10 Å². The predicted octanol–water partition coefficient (Wildman–Crippen LogP) is 3.02. The molecule has 1 aliphatic rings. The van der Waals surface area contributed by atoms with E-state index in [1.165, 1.54) is 21.8 Å². The number of H-pyrrole nitrogens is 1. The average molecular weight is 431 g/mol. The van der Waals surface area contributed by atoms with E-state index in [0.29, 0.717) is 11.3 Å². The minimum atomic E-state index is -4.81. The van der Waals surface area contributed by atoms with Gasteiger partial charge < -0.3 is 9.63 Å². The van der Waals surface area contributed by atoms with Gasteiger partial charge in [0.05, 0.1) is 11.3 Å². The first-order chi connectivity index (χ1) is 14.1. The van der Waals surface area contributed by atoms with Gasteiger partial charge >= 0.3 is 13.5 Å². The third-order valence-corrected chi connectivity index (χ3v) is 5.66. The molecule has 0 atom stereocenters. The minimum absolute atomic E-state index is 0.124. The summed E-state index contributed by atoms with van der Waals surface area (Å²) in [7, 11) is -4.81. The number of benzene rings is 2. The Morgan fingerprint density at radius 1 is 1.17 bits per heavy atom. The van der Waals surface area contributed by atoms with Crippen LogP contribution in [0.5, 0.6) is 11.5 Å². The van der Waals surface area contributed by atoms with Crippen LogP contribution in [0.3, 0.4) is 0 Å². The average Bonchev–Trinajstić information content (AvgIpc) is 3.26. The highest BCUT2D eigenvalue weighted by atomic mass is 31.2. The number of aromatic hydroxyl groups is 1. The molecule has 0 amide bonds. The van der Waals surface area contributed by atoms with Crippen molar-refractivity contribution < 1.29 is 24.0 Å². The lowest BCUT2D eigenvalue weighted by molar-refractivity contribution is 0.281. The first-order valence-corrected chi connectivity index (χ1v) is 11.1. The van der Waals surface area contributed by atoms with Crippen LogP contribution in [0.25, 0.3) is 17.1 Å². The third-order valence-electron chi connectivity index (χ3n) is 5.22. The fourth-order valence-electron chi connectivity index (χ4n) is 3.84. The molecule has 0 saturated carbocycles. The van der Waals surface area contributed by atoms with E-state index in [1.807, 2.05) is 32.0 Å². The van der Waals surface area contributed by atoms with Crippen molar-refractivity contribution >= 4 is 7.82 Å². The summed E-state index contributed by atoms with van der Waals surface area (Å²) in [5, 5.41) is 17.1. The maximum atomic E-state index is 12.5. The molecular weight excluding hydrogens is 409 g/mol. The molecule has 1 aromatic heterocycles. The standard InChI is InChI=1S/C20H22N3O6P/c1-11(2)15-9-16(17(24)10-18(15)29-30(26,27)28)19-21-22-20(25)23(19)14-7-6-12-4-3-5-13(12)8-14/h6-11,24H,3-5H2,1-2H3,(H,22,25)(H2,26,27,28). The Balaban J connectivity index is 1.87. The number of hydrogen-bond acceptors (Lipinski definition) is 5. The van der Waals surface area contributed by atoms with Crippen molar-refractivity contribution in [3.63, 3.8) is 0 Å². The monoisotopic (exact) mass is 431 g/mol. The zero-order chi connectivity index (χ0) is 21.6. The summed E-state index contributed by atoms with van der Waals surface area (Å²) in [6.45, 7) is 3.64. The van der Waals surface area contributed by atoms with E-state index in [1.54, 1.807) is 0 Å². The second kappa shape index (κ2) is 7.43. The highest BCUT2D eigenvalue weighted by Gasteiger charge is 2.24. The summed E-state index contributed by atoms with van der Waals surface area (Å²) in [6, 6.07) is 8.46. The number of rotatable bonds is 5. The van der Waals surface area contributed by atoms with Crippen LogP contribution < -0.4 is 10.2 Å². The molecular formula is C20H22N3O6P. The Morgan fingerprint density at radius 2 is 1.90 bits per heavy atom. The lowest BCUT2D eigenvalue weighted by Gasteiger charge is -2.17. The van der Waals surface area contributed by atoms with E-state index in [0.717, 1.165) is 25.3 Å². The molecule has 158 valence electrons. The quantitative estimate of drug-likeness (QED) is 0.456. The highest BCUT2D eigenvalue weighted by molar-refractivity contribution is 7.46. The number of phosphoric ester groups is 1. The molecule has 0 radical (unpaired) electrons. The number of phenols is 1. The first-order valence-electron chi connectivity index (χ1n) is 9.56. The largest absolute Gasteiger partial charge is 0.524 e. The fraction of sp³-hybridized carbons (Fsp3) is 0.300. The number of nitrogens with zero attached hydrogens (tertiary/aromatic N) is 2. The second-order valence-electron chi connectivity index (χ2n) is 7.64. The molecule has 0 bridgehead atoms. The van der Waals surface area contributed by atoms with Crippen molar-refractivity contribution in [3.05, 3.63) is 57.5 Å². The maximum Gasteiger partial charge on any atom is 0.524 e. The number of fused-ring (bicyclic) bond motifs is 1. The summed E-state index contributed by atoms with van der Waals surface area (Å²) in [5.41, 5.74) is 3.33. The van der Waals surface area contributed by atoms with Crippen LogP contribution in [0, 0.1) is 0 Å². The van der Waals surface area contributed by atoms with Crippen LogP contribution in [0.15, 0.2) is 35.1 Å². The molecule has 1 aliphatic carbocycles. The number of hydrogen-bond donors (Lipinski definition) is 4. The zero-order valence-corrected chi connectivity index (χ0v) is 17.4. The normalized spacial score (nSPS) is 13.6. The van der Waals surface area contributed by atoms with Crippen molar-refractivity contribution in [2.45, 2.75) is 39.0 Å². The van der Waals surface area contributed by atoms with Crippen molar-refractivity contribution in [1.82, 2.24) is 14.8 Å². The van der Waals surface area contributed by atoms with Crippen LogP contribution in [0.1, 0.15) is 42.9 Å². The van der Waals surface area contributed by atoms with Gasteiger partial charge in [-0.25, -0.2) is 19.0 Å². The maximum absolute atomic E-state index is 12.5. The number of nitrogens with one attached hydrogen (secondary N) is 1. The van der Waals surface area contributed by atoms with Crippen molar-refractivity contribution in [3.8, 4) is 28.6 Å². The van der Waals surface area contributed by atoms with Gasteiger partial charge in [0.25, 0.3) is 0 Å². The van der Waals surface area contributed by atoms with E-state index in [2.05, 4.69) is 10.2 Å². The van der Waals surface area contributed by atoms with Crippen LogP contribution in [-0.2, 0) is 17.4 Å². The van der Waals surface area contributed by atoms with Crippen LogP contribution in [0.2, 0.25) is 0 Å². The molecule has 2 aromatic carbocycles. The summed E-state index contributed by atoms with van der Waals surface area (Å²) in [6.07, 6.45) is 3.04. The predicted molar refractivity (Wildman–Crippen MR) is 110 cm³/mol. The number of phosphoric acid groups is 1. The second-order valence-corrected chi connectivity index (χ2v) is 8.80. The van der Waals surface area contributed by atoms with E-state index < -0.39 is 13.5 Å². The number of aromatic amines is 1. The molecule has 9 nitrogen and oxygen atoms in total. The Labute approximate surface area is 172 Å². The molecule has 1 heterocycles. The summed E-state index contributed by atoms with van der Waals surface area (Å²) >= 11 is 0. The van der Waals surface area contributed by atoms with E-state index in [9.17, 15) is 24.3 Å². The molecule has 0 spiro atoms. The van der Waals surface area contributed by atoms with Crippen molar-refractivity contribution in [2.24, 2.45) is 0 Å². The van der Waals surface area contributed by atoms with E-state index >= 15 is 0 Å². The fourth-order valence-corrected chi connectivity index (χ4v) is 4.25. The lowest BCUT2D eigenvalue weighted by atomic mass is 9.98. The van der Waals surface area contributed by atoms with Crippen LogP contribution in [-0.4, -0.2) is 29.7 Å². The number of aromatic nitrogens is 3. The molecule has 0 saturated heterocycles. The molecule has 4 N–H and O–H groups in total. The Bertz CT molecular complexity index is 1220. The lowest BCUT2D eigenvalue weighted by Crippen LogP contribution is -2.16. The molecule has 4 rings (SSSR count). The van der Waals surface area contributed by atoms with Crippen LogP contribution in [0.4, 0.5) is 0 Å². The summed E-state index contributed by atoms with van der Waals surface area (Å²) < 4.78 is 17.4. The molecule has 0 unspecified atom stereocenters. The highest BCUT2D eigenvalue weighted by Crippen LogP contribution is 2.45. The third kappa shape index (κ3) is 3.79.